The van der Waals surface area contributed by atoms with E-state index in [0.717, 1.165) is 20.3 Å². The highest BCUT2D eigenvalue weighted by molar-refractivity contribution is 9.10. The van der Waals surface area contributed by atoms with Gasteiger partial charge in [-0.2, -0.15) is 8.42 Å². The van der Waals surface area contributed by atoms with Crippen molar-refractivity contribution in [3.63, 3.8) is 0 Å². The number of aromatic nitrogens is 1. The molecule has 1 heterocycles. The monoisotopic (exact) mass is 454 g/mol. The largest absolute Gasteiger partial charge is 0.380 e. The number of nitrogens with zero attached hydrogens (tertiary/aromatic N) is 2. The summed E-state index contributed by atoms with van der Waals surface area (Å²) in [5, 5.41) is 0. The van der Waals surface area contributed by atoms with Crippen LogP contribution in [0.1, 0.15) is 12.5 Å². The standard InChI is InChI=1S/C18H19BrN2O3S2/c1-3-24-11-10-21-16-9-6-14(19)12-17(16)25-18(21)20-26(22,23)15-7-4-13(2)5-8-15/h4-9,12H,3,10-11H2,1-2H3. The summed E-state index contributed by atoms with van der Waals surface area (Å²) >= 11 is 4.81. The first-order valence-corrected chi connectivity index (χ1v) is 11.2. The SMILES string of the molecule is CCOCCn1c(=NS(=O)(=O)c2ccc(C)cc2)sc2cc(Br)ccc21. The van der Waals surface area contributed by atoms with Gasteiger partial charge in [-0.3, -0.25) is 0 Å². The zero-order valence-corrected chi connectivity index (χ0v) is 17.7. The predicted molar refractivity (Wildman–Crippen MR) is 108 cm³/mol. The number of hydrogen-bond acceptors (Lipinski definition) is 4. The van der Waals surface area contributed by atoms with E-state index < -0.39 is 10.0 Å². The molecule has 0 unspecified atom stereocenters. The van der Waals surface area contributed by atoms with Crippen molar-refractivity contribution in [3.8, 4) is 0 Å². The van der Waals surface area contributed by atoms with Crippen molar-refractivity contribution in [2.45, 2.75) is 25.3 Å². The van der Waals surface area contributed by atoms with Gasteiger partial charge in [0, 0.05) is 17.6 Å². The molecule has 26 heavy (non-hydrogen) atoms. The molecule has 0 radical (unpaired) electrons. The summed E-state index contributed by atoms with van der Waals surface area (Å²) in [6.07, 6.45) is 0. The smallest absolute Gasteiger partial charge is 0.285 e. The molecule has 5 nitrogen and oxygen atoms in total. The summed E-state index contributed by atoms with van der Waals surface area (Å²) in [7, 11) is -3.78. The Morgan fingerprint density at radius 2 is 1.92 bits per heavy atom. The molecule has 0 saturated carbocycles. The van der Waals surface area contributed by atoms with Crippen molar-refractivity contribution in [3.05, 3.63) is 57.3 Å². The van der Waals surface area contributed by atoms with Crippen molar-refractivity contribution in [1.82, 2.24) is 4.57 Å². The van der Waals surface area contributed by atoms with Gasteiger partial charge in [-0.05, 0) is 44.2 Å². The summed E-state index contributed by atoms with van der Waals surface area (Å²) in [6, 6.07) is 12.6. The van der Waals surface area contributed by atoms with E-state index in [0.29, 0.717) is 24.6 Å². The van der Waals surface area contributed by atoms with Crippen LogP contribution in [0.4, 0.5) is 0 Å². The molecule has 138 valence electrons. The predicted octanol–water partition coefficient (Wildman–Crippen LogP) is 4.10. The Bertz CT molecular complexity index is 1080. The summed E-state index contributed by atoms with van der Waals surface area (Å²) in [4.78, 5) is 0.636. The lowest BCUT2D eigenvalue weighted by Crippen LogP contribution is -2.19. The van der Waals surface area contributed by atoms with Crippen LogP contribution in [0, 0.1) is 6.92 Å². The van der Waals surface area contributed by atoms with E-state index in [-0.39, 0.29) is 4.90 Å². The number of sulfonamides is 1. The van der Waals surface area contributed by atoms with E-state index in [1.54, 1.807) is 24.3 Å². The lowest BCUT2D eigenvalue weighted by atomic mass is 10.2. The Kier molecular flexibility index (Phi) is 5.96. The lowest BCUT2D eigenvalue weighted by molar-refractivity contribution is 0.139. The Morgan fingerprint density at radius 3 is 2.62 bits per heavy atom. The number of rotatable bonds is 6. The quantitative estimate of drug-likeness (QED) is 0.526. The third-order valence-electron chi connectivity index (χ3n) is 3.83. The molecule has 3 rings (SSSR count). The fourth-order valence-corrected chi connectivity index (χ4v) is 5.31. The van der Waals surface area contributed by atoms with Gasteiger partial charge in [0.25, 0.3) is 10.0 Å². The van der Waals surface area contributed by atoms with E-state index in [1.165, 1.54) is 11.3 Å². The topological polar surface area (TPSA) is 60.7 Å². The van der Waals surface area contributed by atoms with Gasteiger partial charge >= 0.3 is 0 Å². The first-order valence-electron chi connectivity index (χ1n) is 8.15. The van der Waals surface area contributed by atoms with Crippen LogP contribution in [0.3, 0.4) is 0 Å². The number of aryl methyl sites for hydroxylation is 1. The number of benzene rings is 2. The zero-order valence-electron chi connectivity index (χ0n) is 14.5. The maximum Gasteiger partial charge on any atom is 0.285 e. The molecule has 2 aromatic carbocycles. The van der Waals surface area contributed by atoms with Crippen LogP contribution in [0.25, 0.3) is 10.2 Å². The molecule has 0 atom stereocenters. The van der Waals surface area contributed by atoms with E-state index in [9.17, 15) is 8.42 Å². The summed E-state index contributed by atoms with van der Waals surface area (Å²) in [5.74, 6) is 0. The third kappa shape index (κ3) is 4.25. The highest BCUT2D eigenvalue weighted by Gasteiger charge is 2.15. The molecule has 0 fully saturated rings. The van der Waals surface area contributed by atoms with E-state index in [4.69, 9.17) is 4.74 Å². The first kappa shape index (κ1) is 19.3. The Balaban J connectivity index is 2.14. The highest BCUT2D eigenvalue weighted by atomic mass is 79.9. The Hall–Kier alpha value is -1.48. The summed E-state index contributed by atoms with van der Waals surface area (Å²) in [6.45, 7) is 5.50. The van der Waals surface area contributed by atoms with Crippen molar-refractivity contribution in [2.75, 3.05) is 13.2 Å². The van der Waals surface area contributed by atoms with Gasteiger partial charge in [0.05, 0.1) is 21.7 Å². The summed E-state index contributed by atoms with van der Waals surface area (Å²) < 4.78 is 38.8. The molecule has 0 N–H and O–H groups in total. The second-order valence-corrected chi connectivity index (χ2v) is 9.25. The van der Waals surface area contributed by atoms with Crippen molar-refractivity contribution in [1.29, 1.82) is 0 Å². The first-order chi connectivity index (χ1) is 12.4. The molecule has 8 heteroatoms. The minimum atomic E-state index is -3.78. The fraction of sp³-hybridized carbons (Fsp3) is 0.278. The minimum Gasteiger partial charge on any atom is -0.380 e. The maximum absolute atomic E-state index is 12.7. The number of ether oxygens (including phenoxy) is 1. The normalized spacial score (nSPS) is 12.8. The molecule has 0 aliphatic carbocycles. The van der Waals surface area contributed by atoms with Crippen LogP contribution in [0.15, 0.2) is 56.2 Å². The van der Waals surface area contributed by atoms with Gasteiger partial charge < -0.3 is 9.30 Å². The number of hydrogen-bond donors (Lipinski definition) is 0. The highest BCUT2D eigenvalue weighted by Crippen LogP contribution is 2.23. The average Bonchev–Trinajstić information content (AvgIpc) is 2.91. The lowest BCUT2D eigenvalue weighted by Gasteiger charge is -2.06. The van der Waals surface area contributed by atoms with Crippen LogP contribution >= 0.6 is 27.3 Å². The van der Waals surface area contributed by atoms with Gasteiger partial charge in [-0.15, -0.1) is 4.40 Å². The third-order valence-corrected chi connectivity index (χ3v) is 6.76. The van der Waals surface area contributed by atoms with Gasteiger partial charge in [0.2, 0.25) is 4.80 Å². The van der Waals surface area contributed by atoms with Crippen molar-refractivity contribution < 1.29 is 13.2 Å². The average molecular weight is 455 g/mol. The van der Waals surface area contributed by atoms with Crippen LogP contribution in [0.5, 0.6) is 0 Å². The van der Waals surface area contributed by atoms with Crippen LogP contribution in [0.2, 0.25) is 0 Å². The van der Waals surface area contributed by atoms with Crippen molar-refractivity contribution in [2.24, 2.45) is 4.40 Å². The molecule has 0 amide bonds. The van der Waals surface area contributed by atoms with Gasteiger partial charge in [0.1, 0.15) is 0 Å². The van der Waals surface area contributed by atoms with Crippen LogP contribution < -0.4 is 4.80 Å². The van der Waals surface area contributed by atoms with E-state index in [2.05, 4.69) is 20.3 Å². The van der Waals surface area contributed by atoms with E-state index in [1.807, 2.05) is 36.6 Å². The molecule has 0 spiro atoms. The van der Waals surface area contributed by atoms with E-state index >= 15 is 0 Å². The molecular weight excluding hydrogens is 436 g/mol. The van der Waals surface area contributed by atoms with Crippen molar-refractivity contribution >= 4 is 47.5 Å². The van der Waals surface area contributed by atoms with Crippen LogP contribution in [-0.4, -0.2) is 26.2 Å². The van der Waals surface area contributed by atoms with Crippen LogP contribution in [-0.2, 0) is 21.3 Å². The molecular formula is C18H19BrN2O3S2. The number of fused-ring (bicyclic) bond motifs is 1. The zero-order chi connectivity index (χ0) is 18.7. The van der Waals surface area contributed by atoms with Gasteiger partial charge in [-0.25, -0.2) is 0 Å². The van der Waals surface area contributed by atoms with Gasteiger partial charge in [-0.1, -0.05) is 45.0 Å². The minimum absolute atomic E-state index is 0.193. The van der Waals surface area contributed by atoms with Gasteiger partial charge in [0.15, 0.2) is 0 Å². The number of halogens is 1. The second kappa shape index (κ2) is 8.04. The Morgan fingerprint density at radius 1 is 1.19 bits per heavy atom. The molecule has 1 aromatic heterocycles. The molecule has 3 aromatic rings. The summed E-state index contributed by atoms with van der Waals surface area (Å²) in [5.41, 5.74) is 1.94. The molecule has 0 aliphatic rings. The molecule has 0 saturated heterocycles. The fourth-order valence-electron chi connectivity index (χ4n) is 2.50. The second-order valence-electron chi connectivity index (χ2n) is 5.72. The molecule has 0 aliphatic heterocycles. The Labute approximate surface area is 165 Å². The molecule has 0 bridgehead atoms. The maximum atomic E-state index is 12.7. The number of thiazole rings is 1.